The Balaban J connectivity index is 5.21. The van der Waals surface area contributed by atoms with Crippen LogP contribution in [0, 0.1) is 0 Å². The molecular formula is C27H56F3O3PS. The van der Waals surface area contributed by atoms with Gasteiger partial charge in [0.15, 0.2) is 0 Å². The first kappa shape index (κ1) is 35.1. The van der Waals surface area contributed by atoms with E-state index >= 15 is 0 Å². The fourth-order valence-corrected chi connectivity index (χ4v) is 14.6. The Hall–Kier alpha value is 0.130. The molecular weight excluding hydrogens is 492 g/mol. The molecule has 0 saturated heterocycles. The van der Waals surface area contributed by atoms with Gasteiger partial charge in [-0.25, -0.2) is 0 Å². The summed E-state index contributed by atoms with van der Waals surface area (Å²) >= 11 is 0. The minimum atomic E-state index is -5.61. The van der Waals surface area contributed by atoms with Gasteiger partial charge in [0.1, 0.15) is 0 Å². The average Bonchev–Trinajstić information content (AvgIpc) is 2.80. The second-order valence-corrected chi connectivity index (χ2v) is 18.1. The third-order valence-electron chi connectivity index (χ3n) is 7.40. The molecule has 8 heteroatoms. The first-order valence-electron chi connectivity index (χ1n) is 14.5. The monoisotopic (exact) mass is 548 g/mol. The van der Waals surface area contributed by atoms with Gasteiger partial charge in [-0.2, -0.15) is 0 Å². The van der Waals surface area contributed by atoms with E-state index in [0.717, 1.165) is 64.2 Å². The van der Waals surface area contributed by atoms with Crippen LogP contribution in [0.1, 0.15) is 143 Å². The fourth-order valence-electron chi connectivity index (χ4n) is 5.17. The summed E-state index contributed by atoms with van der Waals surface area (Å²) in [5, 5.41) is 0. The van der Waals surface area contributed by atoms with E-state index < -0.39 is 22.5 Å². The van der Waals surface area contributed by atoms with Crippen LogP contribution in [0.2, 0.25) is 0 Å². The first-order chi connectivity index (χ1) is 16.5. The molecule has 0 unspecified atom stereocenters. The van der Waals surface area contributed by atoms with Gasteiger partial charge in [-0.3, -0.25) is 0 Å². The Bertz CT molecular complexity index is 599. The topological polar surface area (TPSA) is 43.4 Å². The zero-order valence-electron chi connectivity index (χ0n) is 23.3. The molecule has 0 amide bonds. The van der Waals surface area contributed by atoms with Crippen LogP contribution in [0.15, 0.2) is 0 Å². The van der Waals surface area contributed by atoms with Crippen LogP contribution in [-0.2, 0) is 14.1 Å². The number of unbranched alkanes of at least 4 members (excludes halogenated alkanes) is 14. The van der Waals surface area contributed by atoms with Crippen LogP contribution in [0.25, 0.3) is 0 Å². The predicted octanol–water partition coefficient (Wildman–Crippen LogP) is 10.4. The van der Waals surface area contributed by atoms with Crippen molar-refractivity contribution in [1.29, 1.82) is 0 Å². The van der Waals surface area contributed by atoms with Crippen molar-refractivity contribution >= 4 is 16.9 Å². The number of hydrogen-bond donors (Lipinski definition) is 0. The molecule has 214 valence electrons. The Morgan fingerprint density at radius 2 is 0.800 bits per heavy atom. The molecule has 0 rings (SSSR count). The van der Waals surface area contributed by atoms with Crippen molar-refractivity contribution in [2.24, 2.45) is 0 Å². The second-order valence-electron chi connectivity index (χ2n) is 10.7. The number of halogens is 3. The summed E-state index contributed by atoms with van der Waals surface area (Å²) in [6, 6.07) is 0. The summed E-state index contributed by atoms with van der Waals surface area (Å²) in [7, 11) is -5.61. The van der Waals surface area contributed by atoms with Crippen molar-refractivity contribution in [3.8, 4) is 0 Å². The zero-order chi connectivity index (χ0) is 26.7. The summed E-state index contributed by atoms with van der Waals surface area (Å²) in [6.07, 6.45) is 20.9. The molecule has 0 aromatic carbocycles. The summed E-state index contributed by atoms with van der Waals surface area (Å²) in [6.45, 7) is 4.69. The first-order valence-corrected chi connectivity index (χ1v) is 18.9. The number of rotatable bonds is 24. The van der Waals surface area contributed by atoms with Gasteiger partial charge in [-0.1, -0.05) is 13.3 Å². The summed E-state index contributed by atoms with van der Waals surface area (Å²) in [5.41, 5.74) is -5.36. The summed E-state index contributed by atoms with van der Waals surface area (Å²) in [5.74, 6) is 0. The second kappa shape index (κ2) is 18.4. The molecule has 0 fully saturated rings. The molecule has 0 aliphatic heterocycles. The molecule has 0 saturated carbocycles. The van der Waals surface area contributed by atoms with E-state index in [2.05, 4.69) is 6.92 Å². The Morgan fingerprint density at radius 3 is 1.11 bits per heavy atom. The van der Waals surface area contributed by atoms with E-state index in [9.17, 15) is 21.6 Å². The van der Waals surface area contributed by atoms with Gasteiger partial charge < -0.3 is 0 Å². The van der Waals surface area contributed by atoms with E-state index in [1.165, 1.54) is 51.4 Å². The molecule has 0 radical (unpaired) electrons. The Morgan fingerprint density at radius 1 is 0.514 bits per heavy atom. The van der Waals surface area contributed by atoms with Crippen LogP contribution < -0.4 is 0 Å². The van der Waals surface area contributed by atoms with E-state index in [1.807, 2.05) is 20.8 Å². The van der Waals surface area contributed by atoms with Crippen molar-refractivity contribution in [1.82, 2.24) is 0 Å². The van der Waals surface area contributed by atoms with Gasteiger partial charge in [0.25, 0.3) is 0 Å². The quantitative estimate of drug-likeness (QED) is 0.0684. The van der Waals surface area contributed by atoms with Crippen molar-refractivity contribution in [3.63, 3.8) is 0 Å². The molecule has 0 spiro atoms. The average molecular weight is 549 g/mol. The molecule has 0 atom stereocenters. The molecule has 0 aliphatic carbocycles. The SMILES string of the molecule is CCCCCCCCCCCCCCP(CCCC)(CCCC)(CCCC)OS(=O)(=O)C(F)(F)F. The van der Waals surface area contributed by atoms with Crippen molar-refractivity contribution in [3.05, 3.63) is 0 Å². The van der Waals surface area contributed by atoms with Crippen LogP contribution >= 0.6 is 6.83 Å². The Kier molecular flexibility index (Phi) is 18.5. The normalized spacial score (nSPS) is 14.2. The van der Waals surface area contributed by atoms with Crippen LogP contribution in [0.3, 0.4) is 0 Å². The molecule has 0 bridgehead atoms. The van der Waals surface area contributed by atoms with Gasteiger partial charge in [0, 0.05) is 0 Å². The predicted molar refractivity (Wildman–Crippen MR) is 148 cm³/mol. The maximum absolute atomic E-state index is 13.5. The van der Waals surface area contributed by atoms with Crippen molar-refractivity contribution < 1.29 is 25.6 Å². The van der Waals surface area contributed by atoms with Crippen molar-refractivity contribution in [2.75, 3.05) is 24.6 Å². The van der Waals surface area contributed by atoms with Crippen LogP contribution in [0.5, 0.6) is 0 Å². The van der Waals surface area contributed by atoms with Gasteiger partial charge >= 0.3 is 203 Å². The Labute approximate surface area is 215 Å². The van der Waals surface area contributed by atoms with E-state index in [-0.39, 0.29) is 0 Å². The minimum absolute atomic E-state index is 0.495. The molecule has 3 nitrogen and oxygen atoms in total. The van der Waals surface area contributed by atoms with Crippen LogP contribution in [0.4, 0.5) is 13.2 Å². The number of alkyl halides is 3. The van der Waals surface area contributed by atoms with Gasteiger partial charge in [-0.05, 0) is 0 Å². The molecule has 0 aromatic rings. The van der Waals surface area contributed by atoms with Gasteiger partial charge in [-0.15, -0.1) is 0 Å². The fraction of sp³-hybridized carbons (Fsp3) is 1.00. The van der Waals surface area contributed by atoms with E-state index in [4.69, 9.17) is 3.97 Å². The zero-order valence-corrected chi connectivity index (χ0v) is 25.0. The van der Waals surface area contributed by atoms with Crippen molar-refractivity contribution in [2.45, 2.75) is 149 Å². The molecule has 0 N–H and O–H groups in total. The summed E-state index contributed by atoms with van der Waals surface area (Å²) < 4.78 is 70.8. The third kappa shape index (κ3) is 14.0. The molecule has 0 heterocycles. The molecule has 0 aliphatic rings. The molecule has 35 heavy (non-hydrogen) atoms. The van der Waals surface area contributed by atoms with Gasteiger partial charge in [0.05, 0.1) is 0 Å². The third-order valence-corrected chi connectivity index (χ3v) is 16.2. The standard InChI is InChI=1S/C27H56F3O3PS/c1-5-9-13-14-15-16-17-18-19-20-21-22-26-34(23-10-6-2,24-11-7-3,25-12-8-4)33-35(31,32)27(28,29)30/h5-26H2,1-4H3. The van der Waals surface area contributed by atoms with E-state index in [1.54, 1.807) is 0 Å². The van der Waals surface area contributed by atoms with Gasteiger partial charge in [0.2, 0.25) is 0 Å². The van der Waals surface area contributed by atoms with E-state index in [0.29, 0.717) is 24.6 Å². The molecule has 0 aromatic heterocycles. The maximum atomic E-state index is 13.5. The summed E-state index contributed by atoms with van der Waals surface area (Å²) in [4.78, 5) is 0. The van der Waals surface area contributed by atoms with Crippen LogP contribution in [-0.4, -0.2) is 38.6 Å². The number of hydrogen-bond acceptors (Lipinski definition) is 3.